The largest absolute Gasteiger partial charge is 0.376 e. The molecular formula is C15H18ClFN2O. The van der Waals surface area contributed by atoms with Gasteiger partial charge in [0.1, 0.15) is 11.3 Å². The Morgan fingerprint density at radius 2 is 2.30 bits per heavy atom. The van der Waals surface area contributed by atoms with Crippen LogP contribution in [0.15, 0.2) is 18.2 Å². The molecule has 108 valence electrons. The third-order valence-electron chi connectivity index (χ3n) is 4.38. The monoisotopic (exact) mass is 296 g/mol. The highest BCUT2D eigenvalue weighted by atomic mass is 35.5. The van der Waals surface area contributed by atoms with E-state index in [1.165, 1.54) is 6.07 Å². The second kappa shape index (κ2) is 4.71. The van der Waals surface area contributed by atoms with Gasteiger partial charge in [0.15, 0.2) is 5.82 Å². The maximum absolute atomic E-state index is 14.0. The van der Waals surface area contributed by atoms with Crippen molar-refractivity contribution in [1.82, 2.24) is 9.55 Å². The molecule has 0 aliphatic carbocycles. The van der Waals surface area contributed by atoms with Crippen LogP contribution in [0, 0.1) is 5.82 Å². The summed E-state index contributed by atoms with van der Waals surface area (Å²) in [6.07, 6.45) is 0.907. The molecule has 0 saturated carbocycles. The SMILES string of the molecule is CC(Cl)c1nc2c(F)cccc2n1C1(C)CCOC1C. The van der Waals surface area contributed by atoms with Gasteiger partial charge in [0.05, 0.1) is 22.5 Å². The lowest BCUT2D eigenvalue weighted by Gasteiger charge is -2.32. The van der Waals surface area contributed by atoms with Crippen molar-refractivity contribution < 1.29 is 9.13 Å². The summed E-state index contributed by atoms with van der Waals surface area (Å²) >= 11 is 6.27. The van der Waals surface area contributed by atoms with E-state index in [2.05, 4.69) is 16.5 Å². The number of rotatable bonds is 2. The summed E-state index contributed by atoms with van der Waals surface area (Å²) in [7, 11) is 0. The van der Waals surface area contributed by atoms with Crippen molar-refractivity contribution in [3.05, 3.63) is 29.8 Å². The number of hydrogen-bond donors (Lipinski definition) is 0. The van der Waals surface area contributed by atoms with Crippen LogP contribution in [0.4, 0.5) is 4.39 Å². The molecule has 1 aromatic carbocycles. The van der Waals surface area contributed by atoms with Gasteiger partial charge in [-0.2, -0.15) is 0 Å². The highest BCUT2D eigenvalue weighted by molar-refractivity contribution is 6.20. The van der Waals surface area contributed by atoms with E-state index < -0.39 is 0 Å². The Morgan fingerprint density at radius 3 is 2.90 bits per heavy atom. The number of para-hydroxylation sites is 1. The standard InChI is InChI=1S/C15H18ClFN2O/c1-9(16)14-18-13-11(17)5-4-6-12(13)19(14)15(3)7-8-20-10(15)2/h4-6,9-10H,7-8H2,1-3H3. The first kappa shape index (κ1) is 13.8. The van der Waals surface area contributed by atoms with Gasteiger partial charge in [0, 0.05) is 6.61 Å². The second-order valence-corrected chi connectivity index (χ2v) is 6.30. The van der Waals surface area contributed by atoms with E-state index >= 15 is 0 Å². The lowest BCUT2D eigenvalue weighted by molar-refractivity contribution is 0.0763. The Bertz CT molecular complexity index is 655. The van der Waals surface area contributed by atoms with Crippen LogP contribution >= 0.6 is 11.6 Å². The molecule has 3 unspecified atom stereocenters. The molecule has 3 rings (SSSR count). The van der Waals surface area contributed by atoms with E-state index in [9.17, 15) is 4.39 Å². The Hall–Kier alpha value is -1.13. The van der Waals surface area contributed by atoms with E-state index in [1.807, 2.05) is 19.9 Å². The van der Waals surface area contributed by atoms with Gasteiger partial charge in [-0.15, -0.1) is 11.6 Å². The van der Waals surface area contributed by atoms with Crippen LogP contribution < -0.4 is 0 Å². The van der Waals surface area contributed by atoms with Crippen LogP contribution in [0.3, 0.4) is 0 Å². The van der Waals surface area contributed by atoms with Gasteiger partial charge >= 0.3 is 0 Å². The summed E-state index contributed by atoms with van der Waals surface area (Å²) in [6, 6.07) is 5.03. The first-order chi connectivity index (χ1) is 9.45. The Balaban J connectivity index is 2.33. The molecule has 20 heavy (non-hydrogen) atoms. The number of benzene rings is 1. The summed E-state index contributed by atoms with van der Waals surface area (Å²) in [6.45, 7) is 6.73. The molecule has 0 amide bonds. The lowest BCUT2D eigenvalue weighted by atomic mass is 9.93. The summed E-state index contributed by atoms with van der Waals surface area (Å²) in [4.78, 5) is 4.44. The van der Waals surface area contributed by atoms with Crippen LogP contribution in [0.1, 0.15) is 38.4 Å². The Kier molecular flexibility index (Phi) is 3.26. The molecule has 2 aromatic rings. The third-order valence-corrected chi connectivity index (χ3v) is 4.58. The molecule has 3 atom stereocenters. The summed E-state index contributed by atoms with van der Waals surface area (Å²) < 4.78 is 21.8. The van der Waals surface area contributed by atoms with Gasteiger partial charge in [0.2, 0.25) is 0 Å². The average molecular weight is 297 g/mol. The molecule has 1 saturated heterocycles. The molecule has 0 bridgehead atoms. The molecule has 0 N–H and O–H groups in total. The number of ether oxygens (including phenoxy) is 1. The van der Waals surface area contributed by atoms with E-state index in [0.717, 1.165) is 11.9 Å². The highest BCUT2D eigenvalue weighted by Crippen LogP contribution is 2.39. The molecule has 1 aliphatic heterocycles. The average Bonchev–Trinajstić information content (AvgIpc) is 2.93. The fourth-order valence-electron chi connectivity index (χ4n) is 3.01. The number of halogens is 2. The van der Waals surface area contributed by atoms with Crippen molar-refractivity contribution >= 4 is 22.6 Å². The minimum absolute atomic E-state index is 0.0392. The van der Waals surface area contributed by atoms with E-state index in [0.29, 0.717) is 17.9 Å². The van der Waals surface area contributed by atoms with E-state index in [1.54, 1.807) is 6.07 Å². The molecule has 3 nitrogen and oxygen atoms in total. The van der Waals surface area contributed by atoms with E-state index in [4.69, 9.17) is 16.3 Å². The zero-order chi connectivity index (χ0) is 14.5. The van der Waals surface area contributed by atoms with Gasteiger partial charge in [-0.1, -0.05) is 6.07 Å². The van der Waals surface area contributed by atoms with Crippen molar-refractivity contribution in [2.24, 2.45) is 0 Å². The minimum Gasteiger partial charge on any atom is -0.376 e. The predicted molar refractivity (Wildman–Crippen MR) is 77.6 cm³/mol. The van der Waals surface area contributed by atoms with Gasteiger partial charge in [-0.05, 0) is 39.3 Å². The van der Waals surface area contributed by atoms with Crippen molar-refractivity contribution in [3.8, 4) is 0 Å². The molecule has 1 fully saturated rings. The maximum atomic E-state index is 14.0. The molecule has 0 radical (unpaired) electrons. The normalized spacial score (nSPS) is 28.1. The Labute approximate surface area is 122 Å². The van der Waals surface area contributed by atoms with Gasteiger partial charge in [-0.3, -0.25) is 0 Å². The first-order valence-electron chi connectivity index (χ1n) is 6.88. The summed E-state index contributed by atoms with van der Waals surface area (Å²) in [5.41, 5.74) is 0.920. The zero-order valence-electron chi connectivity index (χ0n) is 11.9. The molecule has 5 heteroatoms. The fourth-order valence-corrected chi connectivity index (χ4v) is 3.15. The number of nitrogens with zero attached hydrogens (tertiary/aromatic N) is 2. The van der Waals surface area contributed by atoms with Crippen LogP contribution in [0.25, 0.3) is 11.0 Å². The number of fused-ring (bicyclic) bond motifs is 1. The summed E-state index contributed by atoms with van der Waals surface area (Å²) in [5.74, 6) is 0.390. The van der Waals surface area contributed by atoms with Crippen LogP contribution in [0.2, 0.25) is 0 Å². The minimum atomic E-state index is -0.310. The van der Waals surface area contributed by atoms with Gasteiger partial charge in [0.25, 0.3) is 0 Å². The number of aromatic nitrogens is 2. The smallest absolute Gasteiger partial charge is 0.151 e. The third kappa shape index (κ3) is 1.85. The molecule has 2 heterocycles. The molecular weight excluding hydrogens is 279 g/mol. The molecule has 1 aromatic heterocycles. The second-order valence-electron chi connectivity index (χ2n) is 5.65. The molecule has 0 spiro atoms. The van der Waals surface area contributed by atoms with Crippen molar-refractivity contribution in [2.45, 2.75) is 44.2 Å². The fraction of sp³-hybridized carbons (Fsp3) is 0.533. The number of alkyl halides is 1. The van der Waals surface area contributed by atoms with Crippen LogP contribution in [0.5, 0.6) is 0 Å². The van der Waals surface area contributed by atoms with Crippen molar-refractivity contribution in [3.63, 3.8) is 0 Å². The quantitative estimate of drug-likeness (QED) is 0.783. The van der Waals surface area contributed by atoms with Crippen LogP contribution in [-0.2, 0) is 10.3 Å². The highest BCUT2D eigenvalue weighted by Gasteiger charge is 2.41. The number of hydrogen-bond acceptors (Lipinski definition) is 2. The van der Waals surface area contributed by atoms with Crippen LogP contribution in [-0.4, -0.2) is 22.3 Å². The first-order valence-corrected chi connectivity index (χ1v) is 7.32. The van der Waals surface area contributed by atoms with Gasteiger partial charge < -0.3 is 9.30 Å². The van der Waals surface area contributed by atoms with E-state index in [-0.39, 0.29) is 22.8 Å². The zero-order valence-corrected chi connectivity index (χ0v) is 12.6. The van der Waals surface area contributed by atoms with Crippen molar-refractivity contribution in [2.75, 3.05) is 6.61 Å². The molecule has 1 aliphatic rings. The predicted octanol–water partition coefficient (Wildman–Crippen LogP) is 4.00. The van der Waals surface area contributed by atoms with Gasteiger partial charge in [-0.25, -0.2) is 9.37 Å². The number of imidazole rings is 1. The maximum Gasteiger partial charge on any atom is 0.151 e. The van der Waals surface area contributed by atoms with Crippen molar-refractivity contribution in [1.29, 1.82) is 0 Å². The Morgan fingerprint density at radius 1 is 1.55 bits per heavy atom. The lowest BCUT2D eigenvalue weighted by Crippen LogP contribution is -2.38. The topological polar surface area (TPSA) is 27.1 Å². The summed E-state index contributed by atoms with van der Waals surface area (Å²) in [5, 5.41) is -0.286.